The molecule has 1 aromatic rings. The van der Waals surface area contributed by atoms with E-state index in [0.717, 1.165) is 0 Å². The zero-order valence-corrected chi connectivity index (χ0v) is 8.96. The molecule has 0 spiro atoms. The van der Waals surface area contributed by atoms with E-state index in [-0.39, 0.29) is 17.8 Å². The number of pyridine rings is 1. The van der Waals surface area contributed by atoms with Crippen LogP contribution in [0.2, 0.25) is 0 Å². The van der Waals surface area contributed by atoms with Crippen LogP contribution in [0.25, 0.3) is 0 Å². The van der Waals surface area contributed by atoms with Crippen molar-refractivity contribution in [1.29, 1.82) is 0 Å². The Balaban J connectivity index is 3.05. The number of nitrogens with zero attached hydrogens (tertiary/aromatic N) is 1. The molecule has 0 fully saturated rings. The second-order valence-corrected chi connectivity index (χ2v) is 3.28. The van der Waals surface area contributed by atoms with Gasteiger partial charge in [-0.25, -0.2) is 13.8 Å². The molecule has 0 amide bonds. The van der Waals surface area contributed by atoms with Crippen molar-refractivity contribution in [2.75, 3.05) is 12.8 Å². The number of carbonyl (C=O) groups is 1. The first-order chi connectivity index (χ1) is 7.45. The minimum atomic E-state index is -2.67. The van der Waals surface area contributed by atoms with Gasteiger partial charge in [0.2, 0.25) is 0 Å². The highest BCUT2D eigenvalue weighted by molar-refractivity contribution is 5.72. The molecule has 0 saturated heterocycles. The normalized spacial score (nSPS) is 10.6. The van der Waals surface area contributed by atoms with Crippen LogP contribution < -0.4 is 5.73 Å². The van der Waals surface area contributed by atoms with Crippen LogP contribution in [0.5, 0.6) is 0 Å². The molecule has 88 valence electrons. The number of nitrogen functional groups attached to an aromatic ring is 1. The van der Waals surface area contributed by atoms with Crippen LogP contribution in [-0.4, -0.2) is 18.1 Å². The first kappa shape index (κ1) is 12.4. The quantitative estimate of drug-likeness (QED) is 0.801. The molecule has 1 aromatic heterocycles. The lowest BCUT2D eigenvalue weighted by Gasteiger charge is -2.09. The van der Waals surface area contributed by atoms with Crippen molar-refractivity contribution in [3.05, 3.63) is 22.9 Å². The summed E-state index contributed by atoms with van der Waals surface area (Å²) in [5, 5.41) is 0. The molecule has 0 saturated carbocycles. The van der Waals surface area contributed by atoms with Gasteiger partial charge >= 0.3 is 5.97 Å². The highest BCUT2D eigenvalue weighted by Crippen LogP contribution is 2.25. The summed E-state index contributed by atoms with van der Waals surface area (Å²) in [4.78, 5) is 14.8. The first-order valence-corrected chi connectivity index (χ1v) is 4.56. The number of rotatable bonds is 3. The van der Waals surface area contributed by atoms with E-state index in [0.29, 0.717) is 11.3 Å². The molecule has 1 heterocycles. The van der Waals surface area contributed by atoms with Crippen molar-refractivity contribution in [1.82, 2.24) is 4.98 Å². The smallest absolute Gasteiger partial charge is 0.311 e. The van der Waals surface area contributed by atoms with Crippen LogP contribution in [0.1, 0.15) is 23.2 Å². The molecule has 4 nitrogen and oxygen atoms in total. The van der Waals surface area contributed by atoms with Gasteiger partial charge in [-0.15, -0.1) is 0 Å². The third-order valence-electron chi connectivity index (χ3n) is 2.15. The van der Waals surface area contributed by atoms with E-state index in [1.807, 2.05) is 0 Å². The monoisotopic (exact) mass is 230 g/mol. The molecule has 6 heteroatoms. The van der Waals surface area contributed by atoms with Crippen LogP contribution in [0, 0.1) is 6.92 Å². The summed E-state index contributed by atoms with van der Waals surface area (Å²) in [7, 11) is 1.24. The second kappa shape index (κ2) is 4.87. The number of nitrogens with two attached hydrogens (primary N) is 1. The van der Waals surface area contributed by atoms with Crippen LogP contribution in [0.15, 0.2) is 6.07 Å². The van der Waals surface area contributed by atoms with Gasteiger partial charge < -0.3 is 10.5 Å². The van der Waals surface area contributed by atoms with Gasteiger partial charge in [0.05, 0.1) is 24.8 Å². The van der Waals surface area contributed by atoms with Crippen molar-refractivity contribution in [2.45, 2.75) is 19.8 Å². The summed E-state index contributed by atoms with van der Waals surface area (Å²) in [5.41, 5.74) is 5.90. The molecule has 0 bridgehead atoms. The van der Waals surface area contributed by atoms with Gasteiger partial charge in [-0.2, -0.15) is 0 Å². The Morgan fingerprint density at radius 3 is 2.75 bits per heavy atom. The Hall–Kier alpha value is -1.72. The molecule has 0 aliphatic carbocycles. The number of esters is 1. The number of carbonyl (C=O) groups excluding carboxylic acids is 1. The molecule has 1 rings (SSSR count). The lowest BCUT2D eigenvalue weighted by atomic mass is 10.1. The van der Waals surface area contributed by atoms with E-state index in [1.54, 1.807) is 6.92 Å². The Labute approximate surface area is 91.4 Å². The van der Waals surface area contributed by atoms with Crippen molar-refractivity contribution in [3.63, 3.8) is 0 Å². The molecular formula is C10H12F2N2O2. The fraction of sp³-hybridized carbons (Fsp3) is 0.400. The van der Waals surface area contributed by atoms with Crippen LogP contribution >= 0.6 is 0 Å². The highest BCUT2D eigenvalue weighted by atomic mass is 19.3. The van der Waals surface area contributed by atoms with Gasteiger partial charge in [0.25, 0.3) is 6.43 Å². The number of methoxy groups -OCH3 is 1. The number of hydrogen-bond donors (Lipinski definition) is 1. The Kier molecular flexibility index (Phi) is 3.76. The van der Waals surface area contributed by atoms with Gasteiger partial charge in [-0.3, -0.25) is 4.79 Å². The van der Waals surface area contributed by atoms with Gasteiger partial charge in [0.15, 0.2) is 0 Å². The number of ether oxygens (including phenoxy) is 1. The zero-order valence-electron chi connectivity index (χ0n) is 8.96. The second-order valence-electron chi connectivity index (χ2n) is 3.28. The van der Waals surface area contributed by atoms with E-state index in [9.17, 15) is 13.6 Å². The average molecular weight is 230 g/mol. The number of aryl methyl sites for hydroxylation is 1. The molecule has 0 radical (unpaired) electrons. The van der Waals surface area contributed by atoms with E-state index in [4.69, 9.17) is 5.73 Å². The third-order valence-corrected chi connectivity index (χ3v) is 2.15. The predicted molar refractivity (Wildman–Crippen MR) is 54.1 cm³/mol. The maximum absolute atomic E-state index is 12.5. The molecular weight excluding hydrogens is 218 g/mol. The van der Waals surface area contributed by atoms with Crippen molar-refractivity contribution in [3.8, 4) is 0 Å². The molecule has 0 unspecified atom stereocenters. The summed E-state index contributed by atoms with van der Waals surface area (Å²) in [5.74, 6) is -0.737. The predicted octanol–water partition coefficient (Wildman–Crippen LogP) is 1.63. The van der Waals surface area contributed by atoms with Gasteiger partial charge in [0.1, 0.15) is 5.82 Å². The van der Waals surface area contributed by atoms with Crippen molar-refractivity contribution < 1.29 is 18.3 Å². The topological polar surface area (TPSA) is 65.2 Å². The first-order valence-electron chi connectivity index (χ1n) is 4.56. The summed E-state index contributed by atoms with van der Waals surface area (Å²) in [6, 6.07) is 1.24. The zero-order chi connectivity index (χ0) is 12.3. The minimum Gasteiger partial charge on any atom is -0.469 e. The third kappa shape index (κ3) is 2.65. The Bertz CT molecular complexity index is 408. The van der Waals surface area contributed by atoms with E-state index < -0.39 is 12.4 Å². The SMILES string of the molecule is COC(=O)Cc1nc(N)c(C(F)F)cc1C. The highest BCUT2D eigenvalue weighted by Gasteiger charge is 2.16. The summed E-state index contributed by atoms with van der Waals surface area (Å²) >= 11 is 0. The Morgan fingerprint density at radius 2 is 2.25 bits per heavy atom. The standard InChI is InChI=1S/C10H12F2N2O2/c1-5-3-6(9(11)12)10(13)14-7(5)4-8(15)16-2/h3,9H,4H2,1-2H3,(H2,13,14). The molecule has 0 aliphatic heterocycles. The van der Waals surface area contributed by atoms with Gasteiger partial charge in [0, 0.05) is 0 Å². The molecule has 0 atom stereocenters. The van der Waals surface area contributed by atoms with Gasteiger partial charge in [-0.05, 0) is 18.6 Å². The summed E-state index contributed by atoms with van der Waals surface area (Å²) in [6.45, 7) is 1.59. The van der Waals surface area contributed by atoms with Gasteiger partial charge in [-0.1, -0.05) is 0 Å². The number of halogens is 2. The molecule has 2 N–H and O–H groups in total. The lowest BCUT2D eigenvalue weighted by molar-refractivity contribution is -0.139. The number of anilines is 1. The van der Waals surface area contributed by atoms with Crippen molar-refractivity contribution >= 4 is 11.8 Å². The van der Waals surface area contributed by atoms with E-state index >= 15 is 0 Å². The lowest BCUT2D eigenvalue weighted by Crippen LogP contribution is -2.10. The number of hydrogen-bond acceptors (Lipinski definition) is 4. The summed E-state index contributed by atoms with van der Waals surface area (Å²) in [6.07, 6.45) is -2.74. The van der Waals surface area contributed by atoms with Crippen LogP contribution in [-0.2, 0) is 16.0 Å². The van der Waals surface area contributed by atoms with Crippen LogP contribution in [0.4, 0.5) is 14.6 Å². The van der Waals surface area contributed by atoms with Crippen LogP contribution in [0.3, 0.4) is 0 Å². The molecule has 0 aliphatic rings. The Morgan fingerprint density at radius 1 is 1.62 bits per heavy atom. The fourth-order valence-corrected chi connectivity index (χ4v) is 1.25. The van der Waals surface area contributed by atoms with E-state index in [1.165, 1.54) is 13.2 Å². The van der Waals surface area contributed by atoms with Crippen molar-refractivity contribution in [2.24, 2.45) is 0 Å². The minimum absolute atomic E-state index is 0.0734. The fourth-order valence-electron chi connectivity index (χ4n) is 1.25. The maximum Gasteiger partial charge on any atom is 0.311 e. The molecule has 16 heavy (non-hydrogen) atoms. The largest absolute Gasteiger partial charge is 0.469 e. The summed E-state index contributed by atoms with van der Waals surface area (Å²) < 4.78 is 29.4. The number of aromatic nitrogens is 1. The number of alkyl halides is 2. The average Bonchev–Trinajstić information content (AvgIpc) is 2.22. The maximum atomic E-state index is 12.5. The van der Waals surface area contributed by atoms with E-state index in [2.05, 4.69) is 9.72 Å². The molecule has 0 aromatic carbocycles.